The summed E-state index contributed by atoms with van der Waals surface area (Å²) < 4.78 is 0. The van der Waals surface area contributed by atoms with E-state index in [4.69, 9.17) is 0 Å². The van der Waals surface area contributed by atoms with Crippen molar-refractivity contribution in [3.8, 4) is 0 Å². The van der Waals surface area contributed by atoms with Crippen molar-refractivity contribution in [2.24, 2.45) is 11.8 Å². The van der Waals surface area contributed by atoms with E-state index in [0.717, 1.165) is 24.9 Å². The molecule has 0 aromatic heterocycles. The normalized spacial score (nSPS) is 27.4. The fourth-order valence-electron chi connectivity index (χ4n) is 3.35. The highest BCUT2D eigenvalue weighted by Crippen LogP contribution is 2.35. The number of carbonyl (C=O) groups excluding carboxylic acids is 2. The Morgan fingerprint density at radius 1 is 1.11 bits per heavy atom. The van der Waals surface area contributed by atoms with Gasteiger partial charge in [0.05, 0.1) is 13.1 Å². The van der Waals surface area contributed by atoms with Crippen LogP contribution in [0.4, 0.5) is 0 Å². The highest BCUT2D eigenvalue weighted by Gasteiger charge is 2.31. The van der Waals surface area contributed by atoms with E-state index in [1.54, 1.807) is 7.05 Å². The van der Waals surface area contributed by atoms with Crippen LogP contribution in [0.5, 0.6) is 0 Å². The Kier molecular flexibility index (Phi) is 5.19. The van der Waals surface area contributed by atoms with E-state index >= 15 is 0 Å². The van der Waals surface area contributed by atoms with Crippen LogP contribution in [0.2, 0.25) is 0 Å². The van der Waals surface area contributed by atoms with Crippen molar-refractivity contribution in [2.45, 2.75) is 32.1 Å². The lowest BCUT2D eigenvalue weighted by Crippen LogP contribution is -2.47. The van der Waals surface area contributed by atoms with Gasteiger partial charge < -0.3 is 10.6 Å². The zero-order valence-electron chi connectivity index (χ0n) is 11.8. The van der Waals surface area contributed by atoms with Gasteiger partial charge in [0.15, 0.2) is 0 Å². The molecule has 1 saturated carbocycles. The molecule has 2 aliphatic rings. The molecule has 0 aromatic rings. The number of nitrogens with one attached hydrogen (secondary N) is 2. The third-order valence-corrected chi connectivity index (χ3v) is 4.47. The molecular formula is C14H25N3O2. The van der Waals surface area contributed by atoms with E-state index in [9.17, 15) is 9.59 Å². The smallest absolute Gasteiger partial charge is 0.239 e. The van der Waals surface area contributed by atoms with E-state index in [-0.39, 0.29) is 18.4 Å². The van der Waals surface area contributed by atoms with Crippen molar-refractivity contribution >= 4 is 11.8 Å². The Hall–Kier alpha value is -1.10. The number of nitrogens with zero attached hydrogens (tertiary/aromatic N) is 1. The Morgan fingerprint density at radius 3 is 2.58 bits per heavy atom. The first-order chi connectivity index (χ1) is 9.19. The monoisotopic (exact) mass is 267 g/mol. The quantitative estimate of drug-likeness (QED) is 0.773. The first kappa shape index (κ1) is 14.3. The van der Waals surface area contributed by atoms with Gasteiger partial charge in [0.2, 0.25) is 11.8 Å². The van der Waals surface area contributed by atoms with E-state index in [1.807, 2.05) is 0 Å². The van der Waals surface area contributed by atoms with E-state index in [1.165, 1.54) is 32.1 Å². The number of carbonyl (C=O) groups is 2. The van der Waals surface area contributed by atoms with E-state index in [2.05, 4.69) is 15.5 Å². The number of hydrogen-bond acceptors (Lipinski definition) is 3. The molecule has 2 fully saturated rings. The molecule has 0 spiro atoms. The number of likely N-dealkylation sites (tertiary alicyclic amines) is 1. The lowest BCUT2D eigenvalue weighted by atomic mass is 9.75. The molecule has 2 atom stereocenters. The van der Waals surface area contributed by atoms with Gasteiger partial charge in [0.1, 0.15) is 0 Å². The van der Waals surface area contributed by atoms with Crippen molar-refractivity contribution in [2.75, 3.05) is 33.2 Å². The third-order valence-electron chi connectivity index (χ3n) is 4.47. The Balaban J connectivity index is 1.71. The molecule has 1 aliphatic carbocycles. The summed E-state index contributed by atoms with van der Waals surface area (Å²) in [6.45, 7) is 2.59. The summed E-state index contributed by atoms with van der Waals surface area (Å²) in [4.78, 5) is 25.1. The average molecular weight is 267 g/mol. The number of rotatable bonds is 4. The van der Waals surface area contributed by atoms with Crippen molar-refractivity contribution < 1.29 is 9.59 Å². The topological polar surface area (TPSA) is 61.4 Å². The van der Waals surface area contributed by atoms with Gasteiger partial charge in [-0.25, -0.2) is 0 Å². The largest absolute Gasteiger partial charge is 0.358 e. The number of amides is 2. The van der Waals surface area contributed by atoms with E-state index < -0.39 is 0 Å². The van der Waals surface area contributed by atoms with Gasteiger partial charge in [0.25, 0.3) is 0 Å². The molecule has 1 heterocycles. The predicted octanol–water partition coefficient (Wildman–Crippen LogP) is 0.361. The Morgan fingerprint density at radius 2 is 1.84 bits per heavy atom. The molecule has 5 heteroatoms. The molecule has 5 nitrogen and oxygen atoms in total. The Bertz CT molecular complexity index is 333. The highest BCUT2D eigenvalue weighted by molar-refractivity contribution is 5.85. The van der Waals surface area contributed by atoms with Crippen LogP contribution in [0, 0.1) is 11.8 Å². The highest BCUT2D eigenvalue weighted by atomic mass is 16.2. The molecule has 1 aliphatic heterocycles. The Labute approximate surface area is 115 Å². The minimum Gasteiger partial charge on any atom is -0.358 e. The van der Waals surface area contributed by atoms with Crippen LogP contribution in [-0.4, -0.2) is 49.9 Å². The summed E-state index contributed by atoms with van der Waals surface area (Å²) >= 11 is 0. The summed E-state index contributed by atoms with van der Waals surface area (Å²) in [5, 5.41) is 5.15. The lowest BCUT2D eigenvalue weighted by molar-refractivity contribution is -0.127. The number of fused-ring (bicyclic) bond motifs is 1. The van der Waals surface area contributed by atoms with Gasteiger partial charge in [-0.3, -0.25) is 14.5 Å². The van der Waals surface area contributed by atoms with Crippen molar-refractivity contribution in [1.29, 1.82) is 0 Å². The maximum absolute atomic E-state index is 11.8. The van der Waals surface area contributed by atoms with Crippen LogP contribution in [0.25, 0.3) is 0 Å². The number of piperidine rings is 1. The molecule has 2 N–H and O–H groups in total. The molecule has 2 rings (SSSR count). The summed E-state index contributed by atoms with van der Waals surface area (Å²) in [6, 6.07) is 0. The van der Waals surface area contributed by atoms with Crippen LogP contribution in [0.15, 0.2) is 0 Å². The molecule has 1 saturated heterocycles. The van der Waals surface area contributed by atoms with Gasteiger partial charge in [-0.2, -0.15) is 0 Å². The molecular weight excluding hydrogens is 242 g/mol. The van der Waals surface area contributed by atoms with Crippen molar-refractivity contribution in [3.05, 3.63) is 0 Å². The molecule has 0 unspecified atom stereocenters. The molecule has 0 aromatic carbocycles. The maximum atomic E-state index is 11.8. The SMILES string of the molecule is CNC(=O)CNC(=O)CN1CC[C@@H]2CCCC[C@@H]2C1. The van der Waals surface area contributed by atoms with Crippen LogP contribution in [0.3, 0.4) is 0 Å². The molecule has 0 radical (unpaired) electrons. The summed E-state index contributed by atoms with van der Waals surface area (Å²) in [7, 11) is 1.57. The minimum absolute atomic E-state index is 0.0436. The zero-order chi connectivity index (χ0) is 13.7. The van der Waals surface area contributed by atoms with Crippen molar-refractivity contribution in [3.63, 3.8) is 0 Å². The van der Waals surface area contributed by atoms with Gasteiger partial charge >= 0.3 is 0 Å². The van der Waals surface area contributed by atoms with Gasteiger partial charge in [-0.05, 0) is 31.2 Å². The number of likely N-dealkylation sites (N-methyl/N-ethyl adjacent to an activating group) is 1. The third kappa shape index (κ3) is 4.20. The fraction of sp³-hybridized carbons (Fsp3) is 0.857. The van der Waals surface area contributed by atoms with Crippen LogP contribution < -0.4 is 10.6 Å². The molecule has 0 bridgehead atoms. The average Bonchev–Trinajstić information content (AvgIpc) is 2.44. The number of hydrogen-bond donors (Lipinski definition) is 2. The first-order valence-electron chi connectivity index (χ1n) is 7.38. The summed E-state index contributed by atoms with van der Waals surface area (Å²) in [6.07, 6.45) is 6.65. The van der Waals surface area contributed by atoms with Crippen LogP contribution in [0.1, 0.15) is 32.1 Å². The van der Waals surface area contributed by atoms with Gasteiger partial charge in [0, 0.05) is 13.6 Å². The first-order valence-corrected chi connectivity index (χ1v) is 7.38. The predicted molar refractivity (Wildman–Crippen MR) is 73.6 cm³/mol. The van der Waals surface area contributed by atoms with Crippen LogP contribution in [-0.2, 0) is 9.59 Å². The second-order valence-electron chi connectivity index (χ2n) is 5.78. The molecule has 2 amide bonds. The fourth-order valence-corrected chi connectivity index (χ4v) is 3.35. The van der Waals surface area contributed by atoms with Gasteiger partial charge in [-0.15, -0.1) is 0 Å². The summed E-state index contributed by atoms with van der Waals surface area (Å²) in [5.74, 6) is 1.48. The van der Waals surface area contributed by atoms with Crippen molar-refractivity contribution in [1.82, 2.24) is 15.5 Å². The van der Waals surface area contributed by atoms with Gasteiger partial charge in [-0.1, -0.05) is 19.3 Å². The maximum Gasteiger partial charge on any atom is 0.239 e. The van der Waals surface area contributed by atoms with Crippen LogP contribution >= 0.6 is 0 Å². The lowest BCUT2D eigenvalue weighted by Gasteiger charge is -2.41. The second kappa shape index (κ2) is 6.89. The zero-order valence-corrected chi connectivity index (χ0v) is 11.8. The standard InChI is InChI=1S/C14H25N3O2/c1-15-13(18)8-16-14(19)10-17-7-6-11-4-2-3-5-12(11)9-17/h11-12H,2-10H2,1H3,(H,15,18)(H,16,19)/t11-,12+/m0/s1. The second-order valence-corrected chi connectivity index (χ2v) is 5.78. The minimum atomic E-state index is -0.153. The summed E-state index contributed by atoms with van der Waals surface area (Å²) in [5.41, 5.74) is 0. The molecule has 19 heavy (non-hydrogen) atoms. The van der Waals surface area contributed by atoms with E-state index in [0.29, 0.717) is 6.54 Å². The molecule has 108 valence electrons.